The minimum absolute atomic E-state index is 0.207. The summed E-state index contributed by atoms with van der Waals surface area (Å²) < 4.78 is 15.2. The van der Waals surface area contributed by atoms with Gasteiger partial charge in [-0.05, 0) is 13.8 Å². The number of rotatable bonds is 6. The molecule has 2 atom stereocenters. The third kappa shape index (κ3) is 6.62. The van der Waals surface area contributed by atoms with Gasteiger partial charge in [-0.3, -0.25) is 0 Å². The van der Waals surface area contributed by atoms with Crippen LogP contribution in [0.15, 0.2) is 0 Å². The molecule has 0 amide bonds. The average Bonchev–Trinajstić information content (AvgIpc) is 1.87. The lowest BCUT2D eigenvalue weighted by Crippen LogP contribution is -2.21. The first-order valence-electron chi connectivity index (χ1n) is 3.64. The van der Waals surface area contributed by atoms with E-state index in [2.05, 4.69) is 12.6 Å². The summed E-state index contributed by atoms with van der Waals surface area (Å²) in [6.07, 6.45) is -0.211. The molecule has 0 aromatic rings. The molecule has 0 radical (unpaired) electrons. The van der Waals surface area contributed by atoms with Crippen LogP contribution in [-0.2, 0) is 14.2 Å². The third-order valence-electron chi connectivity index (χ3n) is 1.06. The van der Waals surface area contributed by atoms with Crippen molar-refractivity contribution in [3.05, 3.63) is 0 Å². The van der Waals surface area contributed by atoms with E-state index in [0.29, 0.717) is 13.2 Å². The molecule has 0 bridgehead atoms. The average molecular weight is 180 g/mol. The minimum Gasteiger partial charge on any atom is -0.381 e. The highest BCUT2D eigenvalue weighted by Gasteiger charge is 2.07. The Kier molecular flexibility index (Phi) is 7.06. The molecule has 0 unspecified atom stereocenters. The van der Waals surface area contributed by atoms with Crippen LogP contribution < -0.4 is 0 Å². The molecule has 0 aliphatic carbocycles. The monoisotopic (exact) mass is 180 g/mol. The van der Waals surface area contributed by atoms with Crippen LogP contribution in [0.4, 0.5) is 0 Å². The Morgan fingerprint density at radius 2 is 2.09 bits per heavy atom. The van der Waals surface area contributed by atoms with Crippen LogP contribution in [0.5, 0.6) is 0 Å². The van der Waals surface area contributed by atoms with Gasteiger partial charge in [-0.15, -0.1) is 12.6 Å². The zero-order valence-electron chi connectivity index (χ0n) is 7.24. The molecule has 11 heavy (non-hydrogen) atoms. The van der Waals surface area contributed by atoms with E-state index in [1.807, 2.05) is 13.8 Å². The zero-order chi connectivity index (χ0) is 8.69. The molecule has 0 fully saturated rings. The van der Waals surface area contributed by atoms with Crippen LogP contribution >= 0.6 is 12.6 Å². The standard InChI is InChI=1S/C7H16O3S/c1-4-9-6(2)10-7(11)5-8-3/h6-7,11H,4-5H2,1-3H3/t6-,7+/m1/s1. The number of thiol groups is 1. The quantitative estimate of drug-likeness (QED) is 0.493. The molecule has 0 saturated heterocycles. The van der Waals surface area contributed by atoms with Crippen LogP contribution in [0.25, 0.3) is 0 Å². The maximum absolute atomic E-state index is 5.25. The lowest BCUT2D eigenvalue weighted by atomic mass is 10.7. The summed E-state index contributed by atoms with van der Waals surface area (Å²) in [5.74, 6) is 0. The molecule has 68 valence electrons. The minimum atomic E-state index is -0.211. The number of hydrogen-bond donors (Lipinski definition) is 1. The molecule has 0 saturated carbocycles. The van der Waals surface area contributed by atoms with E-state index in [0.717, 1.165) is 0 Å². The van der Waals surface area contributed by atoms with Gasteiger partial charge in [0.25, 0.3) is 0 Å². The van der Waals surface area contributed by atoms with E-state index in [1.165, 1.54) is 0 Å². The fourth-order valence-corrected chi connectivity index (χ4v) is 0.998. The number of methoxy groups -OCH3 is 1. The Bertz CT molecular complexity index is 79.8. The predicted octanol–water partition coefficient (Wildman–Crippen LogP) is 1.29. The molecule has 0 N–H and O–H groups in total. The van der Waals surface area contributed by atoms with Crippen molar-refractivity contribution in [2.45, 2.75) is 25.6 Å². The van der Waals surface area contributed by atoms with Gasteiger partial charge in [0.1, 0.15) is 5.44 Å². The summed E-state index contributed by atoms with van der Waals surface area (Å²) in [6, 6.07) is 0. The summed E-state index contributed by atoms with van der Waals surface area (Å²) in [6.45, 7) is 4.88. The number of hydrogen-bond acceptors (Lipinski definition) is 4. The Hall–Kier alpha value is 0.230. The van der Waals surface area contributed by atoms with Crippen LogP contribution in [0.2, 0.25) is 0 Å². The van der Waals surface area contributed by atoms with Gasteiger partial charge in [0, 0.05) is 13.7 Å². The molecular formula is C7H16O3S. The molecular weight excluding hydrogens is 164 g/mol. The molecule has 0 spiro atoms. The van der Waals surface area contributed by atoms with Gasteiger partial charge in [-0.25, -0.2) is 0 Å². The van der Waals surface area contributed by atoms with Gasteiger partial charge in [0.05, 0.1) is 6.61 Å². The van der Waals surface area contributed by atoms with Crippen molar-refractivity contribution in [3.63, 3.8) is 0 Å². The zero-order valence-corrected chi connectivity index (χ0v) is 8.14. The maximum atomic E-state index is 5.25. The summed E-state index contributed by atoms with van der Waals surface area (Å²) in [5.41, 5.74) is -0.207. The lowest BCUT2D eigenvalue weighted by Gasteiger charge is -2.17. The Morgan fingerprint density at radius 1 is 1.45 bits per heavy atom. The largest absolute Gasteiger partial charge is 0.381 e. The predicted molar refractivity (Wildman–Crippen MR) is 46.8 cm³/mol. The molecule has 0 heterocycles. The topological polar surface area (TPSA) is 27.7 Å². The van der Waals surface area contributed by atoms with Gasteiger partial charge in [-0.1, -0.05) is 0 Å². The number of ether oxygens (including phenoxy) is 3. The highest BCUT2D eigenvalue weighted by Crippen LogP contribution is 2.03. The van der Waals surface area contributed by atoms with E-state index in [9.17, 15) is 0 Å². The van der Waals surface area contributed by atoms with Crippen molar-refractivity contribution in [1.82, 2.24) is 0 Å². The molecule has 0 rings (SSSR count). The van der Waals surface area contributed by atoms with Crippen LogP contribution in [0.3, 0.4) is 0 Å². The first-order chi connectivity index (χ1) is 5.20. The van der Waals surface area contributed by atoms with Crippen molar-refractivity contribution < 1.29 is 14.2 Å². The summed E-state index contributed by atoms with van der Waals surface area (Å²) in [4.78, 5) is 0. The Morgan fingerprint density at radius 3 is 2.55 bits per heavy atom. The van der Waals surface area contributed by atoms with Crippen LogP contribution in [0.1, 0.15) is 13.8 Å². The summed E-state index contributed by atoms with van der Waals surface area (Å²) in [5, 5.41) is 0. The second-order valence-corrected chi connectivity index (χ2v) is 2.65. The second-order valence-electron chi connectivity index (χ2n) is 2.07. The van der Waals surface area contributed by atoms with Gasteiger partial charge >= 0.3 is 0 Å². The summed E-state index contributed by atoms with van der Waals surface area (Å²) >= 11 is 4.12. The molecule has 0 aromatic heterocycles. The van der Waals surface area contributed by atoms with Crippen LogP contribution in [-0.4, -0.2) is 32.0 Å². The van der Waals surface area contributed by atoms with Gasteiger partial charge < -0.3 is 14.2 Å². The maximum Gasteiger partial charge on any atom is 0.156 e. The van der Waals surface area contributed by atoms with Gasteiger partial charge in [-0.2, -0.15) is 0 Å². The van der Waals surface area contributed by atoms with E-state index in [-0.39, 0.29) is 11.7 Å². The third-order valence-corrected chi connectivity index (χ3v) is 1.33. The van der Waals surface area contributed by atoms with Gasteiger partial charge in [0.2, 0.25) is 0 Å². The van der Waals surface area contributed by atoms with Crippen molar-refractivity contribution in [2.75, 3.05) is 20.3 Å². The van der Waals surface area contributed by atoms with E-state index < -0.39 is 0 Å². The molecule has 0 aliphatic rings. The fraction of sp³-hybridized carbons (Fsp3) is 1.00. The fourth-order valence-electron chi connectivity index (χ4n) is 0.677. The first kappa shape index (κ1) is 11.2. The van der Waals surface area contributed by atoms with Crippen molar-refractivity contribution in [1.29, 1.82) is 0 Å². The smallest absolute Gasteiger partial charge is 0.156 e. The molecule has 0 aromatic carbocycles. The van der Waals surface area contributed by atoms with Crippen LogP contribution in [0, 0.1) is 0 Å². The Labute approximate surface area is 73.4 Å². The van der Waals surface area contributed by atoms with Gasteiger partial charge in [0.15, 0.2) is 6.29 Å². The highest BCUT2D eigenvalue weighted by atomic mass is 32.1. The van der Waals surface area contributed by atoms with Crippen molar-refractivity contribution in [3.8, 4) is 0 Å². The lowest BCUT2D eigenvalue weighted by molar-refractivity contribution is -0.144. The van der Waals surface area contributed by atoms with E-state index in [4.69, 9.17) is 14.2 Å². The molecule has 3 nitrogen and oxygen atoms in total. The Balaban J connectivity index is 3.32. The van der Waals surface area contributed by atoms with E-state index >= 15 is 0 Å². The molecule has 0 aliphatic heterocycles. The highest BCUT2D eigenvalue weighted by molar-refractivity contribution is 7.80. The van der Waals surface area contributed by atoms with E-state index in [1.54, 1.807) is 7.11 Å². The van der Waals surface area contributed by atoms with Crippen molar-refractivity contribution in [2.24, 2.45) is 0 Å². The summed E-state index contributed by atoms with van der Waals surface area (Å²) in [7, 11) is 1.61. The first-order valence-corrected chi connectivity index (χ1v) is 4.16. The second kappa shape index (κ2) is 6.91. The normalized spacial score (nSPS) is 16.4. The molecule has 4 heteroatoms. The SMILES string of the molecule is CCO[C@@H](C)O[C@@H](S)COC. The van der Waals surface area contributed by atoms with Crippen molar-refractivity contribution >= 4 is 12.6 Å².